The Kier molecular flexibility index (Phi) is 4.49. The molecule has 4 rings (SSSR count). The summed E-state index contributed by atoms with van der Waals surface area (Å²) < 4.78 is 14.1. The first kappa shape index (κ1) is 16.5. The van der Waals surface area contributed by atoms with Crippen LogP contribution in [-0.4, -0.2) is 31.9 Å². The first-order valence-corrected chi connectivity index (χ1v) is 8.50. The Hall–Kier alpha value is -3.00. The SMILES string of the molecule is OC[C@H](Nc1ncc(F)c(Nc2cc(C3CC3)n[nH]2)n1)c1ccccc1. The van der Waals surface area contributed by atoms with Crippen molar-refractivity contribution in [1.82, 2.24) is 20.2 Å². The Morgan fingerprint density at radius 3 is 2.81 bits per heavy atom. The van der Waals surface area contributed by atoms with E-state index in [1.807, 2.05) is 36.4 Å². The third-order valence-corrected chi connectivity index (χ3v) is 4.28. The van der Waals surface area contributed by atoms with Crippen LogP contribution in [-0.2, 0) is 0 Å². The predicted octanol–water partition coefficient (Wildman–Crippen LogP) is 3.11. The Balaban J connectivity index is 1.51. The van der Waals surface area contributed by atoms with Crippen LogP contribution in [0.2, 0.25) is 0 Å². The van der Waals surface area contributed by atoms with Gasteiger partial charge in [-0.25, -0.2) is 9.37 Å². The van der Waals surface area contributed by atoms with E-state index in [1.165, 1.54) is 0 Å². The van der Waals surface area contributed by atoms with Gasteiger partial charge in [-0.2, -0.15) is 10.1 Å². The molecule has 8 heteroatoms. The molecule has 134 valence electrons. The highest BCUT2D eigenvalue weighted by Crippen LogP contribution is 2.39. The van der Waals surface area contributed by atoms with E-state index < -0.39 is 5.82 Å². The smallest absolute Gasteiger partial charge is 0.225 e. The minimum Gasteiger partial charge on any atom is -0.394 e. The summed E-state index contributed by atoms with van der Waals surface area (Å²) in [5, 5.41) is 22.6. The van der Waals surface area contributed by atoms with Gasteiger partial charge in [0.25, 0.3) is 0 Å². The molecule has 2 aromatic heterocycles. The molecule has 26 heavy (non-hydrogen) atoms. The van der Waals surface area contributed by atoms with Crippen molar-refractivity contribution >= 4 is 17.6 Å². The van der Waals surface area contributed by atoms with Crippen LogP contribution in [0.1, 0.15) is 36.1 Å². The minimum absolute atomic E-state index is 0.0400. The average Bonchev–Trinajstić information content (AvgIpc) is 3.42. The van der Waals surface area contributed by atoms with E-state index in [1.54, 1.807) is 0 Å². The van der Waals surface area contributed by atoms with Crippen molar-refractivity contribution < 1.29 is 9.50 Å². The van der Waals surface area contributed by atoms with E-state index in [2.05, 4.69) is 30.8 Å². The molecule has 1 aliphatic carbocycles. The summed E-state index contributed by atoms with van der Waals surface area (Å²) in [4.78, 5) is 8.15. The summed E-state index contributed by atoms with van der Waals surface area (Å²) >= 11 is 0. The molecular weight excluding hydrogens is 335 g/mol. The molecule has 0 unspecified atom stereocenters. The zero-order chi connectivity index (χ0) is 17.9. The van der Waals surface area contributed by atoms with Gasteiger partial charge in [0.1, 0.15) is 5.82 Å². The fourth-order valence-electron chi connectivity index (χ4n) is 2.72. The second-order valence-electron chi connectivity index (χ2n) is 6.29. The van der Waals surface area contributed by atoms with E-state index in [9.17, 15) is 9.50 Å². The summed E-state index contributed by atoms with van der Waals surface area (Å²) in [6, 6.07) is 10.9. The number of aromatic nitrogens is 4. The Bertz CT molecular complexity index is 880. The van der Waals surface area contributed by atoms with Gasteiger partial charge in [0.15, 0.2) is 11.6 Å². The first-order valence-electron chi connectivity index (χ1n) is 8.50. The van der Waals surface area contributed by atoms with Gasteiger partial charge in [0.2, 0.25) is 5.95 Å². The van der Waals surface area contributed by atoms with Crippen LogP contribution in [0.25, 0.3) is 0 Å². The van der Waals surface area contributed by atoms with Gasteiger partial charge >= 0.3 is 0 Å². The molecule has 0 bridgehead atoms. The number of hydrogen-bond acceptors (Lipinski definition) is 6. The quantitative estimate of drug-likeness (QED) is 0.520. The second kappa shape index (κ2) is 7.09. The number of halogens is 1. The van der Waals surface area contributed by atoms with Crippen LogP contribution in [0.15, 0.2) is 42.6 Å². The molecule has 0 amide bonds. The van der Waals surface area contributed by atoms with Gasteiger partial charge in [-0.1, -0.05) is 30.3 Å². The lowest BCUT2D eigenvalue weighted by atomic mass is 10.1. The Morgan fingerprint density at radius 2 is 2.08 bits per heavy atom. The molecule has 2 heterocycles. The van der Waals surface area contributed by atoms with E-state index in [4.69, 9.17) is 0 Å². The molecule has 1 aliphatic rings. The lowest BCUT2D eigenvalue weighted by Crippen LogP contribution is -2.17. The van der Waals surface area contributed by atoms with E-state index >= 15 is 0 Å². The van der Waals surface area contributed by atoms with Crippen LogP contribution < -0.4 is 10.6 Å². The number of nitrogens with one attached hydrogen (secondary N) is 3. The maximum Gasteiger partial charge on any atom is 0.225 e. The predicted molar refractivity (Wildman–Crippen MR) is 95.7 cm³/mol. The fraction of sp³-hybridized carbons (Fsp3) is 0.278. The molecule has 0 saturated heterocycles. The first-order chi connectivity index (χ1) is 12.7. The molecule has 0 spiro atoms. The maximum atomic E-state index is 14.1. The topological polar surface area (TPSA) is 98.7 Å². The molecule has 1 atom stereocenters. The fourth-order valence-corrected chi connectivity index (χ4v) is 2.72. The number of rotatable bonds is 7. The standard InChI is InChI=1S/C18H19FN6O/c19-13-9-20-18(21-15(10-26)11-4-2-1-3-5-11)23-17(13)22-16-8-14(24-25-16)12-6-7-12/h1-5,8-9,12,15,26H,6-7,10H2,(H3,20,21,22,23,24,25)/t15-/m0/s1. The largest absolute Gasteiger partial charge is 0.394 e. The monoisotopic (exact) mass is 354 g/mol. The number of nitrogens with zero attached hydrogens (tertiary/aromatic N) is 3. The van der Waals surface area contributed by atoms with Gasteiger partial charge in [-0.15, -0.1) is 0 Å². The van der Waals surface area contributed by atoms with Crippen LogP contribution in [0.4, 0.5) is 22.0 Å². The molecule has 3 aromatic rings. The van der Waals surface area contributed by atoms with Crippen molar-refractivity contribution in [2.45, 2.75) is 24.8 Å². The highest BCUT2D eigenvalue weighted by Gasteiger charge is 2.26. The van der Waals surface area contributed by atoms with E-state index in [-0.39, 0.29) is 24.4 Å². The molecular formula is C18H19FN6O. The third kappa shape index (κ3) is 3.65. The van der Waals surface area contributed by atoms with Crippen molar-refractivity contribution in [3.8, 4) is 0 Å². The van der Waals surface area contributed by atoms with E-state index in [0.29, 0.717) is 11.7 Å². The summed E-state index contributed by atoms with van der Waals surface area (Å²) in [7, 11) is 0. The van der Waals surface area contributed by atoms with Gasteiger partial charge in [0.05, 0.1) is 24.5 Å². The molecule has 1 fully saturated rings. The van der Waals surface area contributed by atoms with E-state index in [0.717, 1.165) is 30.3 Å². The van der Waals surface area contributed by atoms with Gasteiger partial charge in [0, 0.05) is 12.0 Å². The number of hydrogen-bond donors (Lipinski definition) is 4. The van der Waals surface area contributed by atoms with Crippen molar-refractivity contribution in [2.75, 3.05) is 17.2 Å². The molecule has 0 aliphatic heterocycles. The number of aliphatic hydroxyl groups excluding tert-OH is 1. The van der Waals surface area contributed by atoms with Crippen LogP contribution in [0.3, 0.4) is 0 Å². The number of anilines is 3. The third-order valence-electron chi connectivity index (χ3n) is 4.28. The van der Waals surface area contributed by atoms with Crippen molar-refractivity contribution in [1.29, 1.82) is 0 Å². The lowest BCUT2D eigenvalue weighted by molar-refractivity contribution is 0.276. The number of aromatic amines is 1. The minimum atomic E-state index is -0.571. The van der Waals surface area contributed by atoms with Crippen LogP contribution in [0, 0.1) is 5.82 Å². The van der Waals surface area contributed by atoms with Crippen molar-refractivity contribution in [3.63, 3.8) is 0 Å². The molecule has 7 nitrogen and oxygen atoms in total. The summed E-state index contributed by atoms with van der Waals surface area (Å²) in [6.45, 7) is -0.140. The zero-order valence-corrected chi connectivity index (χ0v) is 14.0. The normalized spacial score (nSPS) is 14.8. The highest BCUT2D eigenvalue weighted by atomic mass is 19.1. The van der Waals surface area contributed by atoms with Gasteiger partial charge < -0.3 is 15.7 Å². The number of aliphatic hydroxyl groups is 1. The summed E-state index contributed by atoms with van der Waals surface area (Å²) in [5.74, 6) is 0.776. The molecule has 0 radical (unpaired) electrons. The molecule has 1 aromatic carbocycles. The molecule has 1 saturated carbocycles. The van der Waals surface area contributed by atoms with Crippen LogP contribution >= 0.6 is 0 Å². The number of benzene rings is 1. The summed E-state index contributed by atoms with van der Waals surface area (Å²) in [5.41, 5.74) is 1.87. The van der Waals surface area contributed by atoms with Gasteiger partial charge in [-0.05, 0) is 18.4 Å². The van der Waals surface area contributed by atoms with Crippen LogP contribution in [0.5, 0.6) is 0 Å². The second-order valence-corrected chi connectivity index (χ2v) is 6.29. The number of H-pyrrole nitrogens is 1. The van der Waals surface area contributed by atoms with Crippen molar-refractivity contribution in [2.24, 2.45) is 0 Å². The highest BCUT2D eigenvalue weighted by molar-refractivity contribution is 5.54. The van der Waals surface area contributed by atoms with Gasteiger partial charge in [-0.3, -0.25) is 5.10 Å². The maximum absolute atomic E-state index is 14.1. The average molecular weight is 354 g/mol. The summed E-state index contributed by atoms with van der Waals surface area (Å²) in [6.07, 6.45) is 3.37. The Morgan fingerprint density at radius 1 is 1.27 bits per heavy atom. The molecule has 4 N–H and O–H groups in total. The van der Waals surface area contributed by atoms with Crippen molar-refractivity contribution in [3.05, 3.63) is 59.7 Å². The Labute approximate surface area is 149 Å². The zero-order valence-electron chi connectivity index (χ0n) is 14.0. The lowest BCUT2D eigenvalue weighted by Gasteiger charge is -2.17.